The second-order valence-corrected chi connectivity index (χ2v) is 5.92. The van der Waals surface area contributed by atoms with Crippen molar-refractivity contribution in [2.24, 2.45) is 0 Å². The molecule has 0 radical (unpaired) electrons. The monoisotopic (exact) mass is 325 g/mol. The van der Waals surface area contributed by atoms with Gasteiger partial charge in [-0.15, -0.1) is 0 Å². The van der Waals surface area contributed by atoms with Crippen LogP contribution in [-0.4, -0.2) is 24.3 Å². The van der Waals surface area contributed by atoms with Crippen LogP contribution in [0.25, 0.3) is 11.1 Å². The number of aryl methyl sites for hydroxylation is 1. The normalized spacial score (nSPS) is 11.0. The fourth-order valence-electron chi connectivity index (χ4n) is 3.12. The highest BCUT2D eigenvalue weighted by atomic mass is 16.3. The molecule has 0 aliphatic carbocycles. The van der Waals surface area contributed by atoms with E-state index in [4.69, 9.17) is 0 Å². The molecule has 5 nitrogen and oxygen atoms in total. The number of hydrogen-bond donors (Lipinski definition) is 2. The fourth-order valence-corrected chi connectivity index (χ4v) is 3.12. The fraction of sp³-hybridized carbons (Fsp3) is 0.316. The predicted octanol–water partition coefficient (Wildman–Crippen LogP) is 3.81. The van der Waals surface area contributed by atoms with Gasteiger partial charge in [-0.2, -0.15) is 0 Å². The van der Waals surface area contributed by atoms with Crippen LogP contribution in [0.3, 0.4) is 0 Å². The molecule has 0 aliphatic heterocycles. The summed E-state index contributed by atoms with van der Waals surface area (Å²) in [7, 11) is 0. The smallest absolute Gasteiger partial charge is 0.235 e. The molecule has 0 atom stereocenters. The second kappa shape index (κ2) is 7.25. The third kappa shape index (κ3) is 3.15. The van der Waals surface area contributed by atoms with Crippen molar-refractivity contribution >= 4 is 0 Å². The topological polar surface area (TPSA) is 63.2 Å². The average molecular weight is 325 g/mol. The minimum atomic E-state index is -0.0389. The standard InChI is InChI=1S/C19H23N3O2/c1-2-7-16-17(15-8-4-3-5-9-15)18(23)19(24)22(16)12-6-11-21-13-10-20-14-21/h3-5,8-10,13-14,23-24H,2,6-7,11-12H2,1H3. The third-order valence-corrected chi connectivity index (χ3v) is 4.23. The molecule has 0 fully saturated rings. The Morgan fingerprint density at radius 3 is 2.54 bits per heavy atom. The minimum Gasteiger partial charge on any atom is -0.503 e. The van der Waals surface area contributed by atoms with Crippen LogP contribution in [0.5, 0.6) is 11.6 Å². The number of benzene rings is 1. The summed E-state index contributed by atoms with van der Waals surface area (Å²) in [4.78, 5) is 4.04. The maximum absolute atomic E-state index is 10.5. The lowest BCUT2D eigenvalue weighted by atomic mass is 10.0. The van der Waals surface area contributed by atoms with E-state index in [9.17, 15) is 10.2 Å². The van der Waals surface area contributed by atoms with Gasteiger partial charge in [0.05, 0.1) is 6.33 Å². The van der Waals surface area contributed by atoms with E-state index in [1.165, 1.54) is 0 Å². The third-order valence-electron chi connectivity index (χ3n) is 4.23. The van der Waals surface area contributed by atoms with Gasteiger partial charge in [0.15, 0.2) is 5.75 Å². The Kier molecular flexibility index (Phi) is 4.89. The molecule has 0 saturated heterocycles. The zero-order valence-electron chi connectivity index (χ0n) is 13.9. The Hall–Kier alpha value is -2.69. The number of rotatable bonds is 7. The van der Waals surface area contributed by atoms with Gasteiger partial charge in [-0.1, -0.05) is 43.7 Å². The van der Waals surface area contributed by atoms with Gasteiger partial charge in [0.25, 0.3) is 0 Å². The maximum Gasteiger partial charge on any atom is 0.235 e. The van der Waals surface area contributed by atoms with Crippen LogP contribution in [-0.2, 0) is 19.5 Å². The van der Waals surface area contributed by atoms with E-state index in [1.54, 1.807) is 12.5 Å². The van der Waals surface area contributed by atoms with E-state index in [0.29, 0.717) is 6.54 Å². The van der Waals surface area contributed by atoms with Gasteiger partial charge in [-0.25, -0.2) is 4.98 Å². The van der Waals surface area contributed by atoms with Gasteiger partial charge in [0.1, 0.15) is 0 Å². The summed E-state index contributed by atoms with van der Waals surface area (Å²) in [5, 5.41) is 20.9. The summed E-state index contributed by atoms with van der Waals surface area (Å²) < 4.78 is 3.86. The first-order chi connectivity index (χ1) is 11.7. The van der Waals surface area contributed by atoms with Crippen LogP contribution >= 0.6 is 0 Å². The Balaban J connectivity index is 1.90. The quantitative estimate of drug-likeness (QED) is 0.694. The second-order valence-electron chi connectivity index (χ2n) is 5.92. The summed E-state index contributed by atoms with van der Waals surface area (Å²) in [5.74, 6) is -0.0600. The summed E-state index contributed by atoms with van der Waals surface area (Å²) >= 11 is 0. The van der Waals surface area contributed by atoms with Gasteiger partial charge in [-0.05, 0) is 18.4 Å². The highest BCUT2D eigenvalue weighted by Crippen LogP contribution is 2.42. The van der Waals surface area contributed by atoms with E-state index in [0.717, 1.165) is 42.6 Å². The number of imidazole rings is 1. The number of aromatic hydroxyl groups is 2. The van der Waals surface area contributed by atoms with Gasteiger partial charge >= 0.3 is 0 Å². The molecule has 2 heterocycles. The molecule has 0 bridgehead atoms. The molecular weight excluding hydrogens is 302 g/mol. The molecule has 0 unspecified atom stereocenters. The first-order valence-electron chi connectivity index (χ1n) is 8.36. The largest absolute Gasteiger partial charge is 0.503 e. The number of hydrogen-bond acceptors (Lipinski definition) is 3. The van der Waals surface area contributed by atoms with Gasteiger partial charge < -0.3 is 19.3 Å². The molecule has 5 heteroatoms. The van der Waals surface area contributed by atoms with Crippen molar-refractivity contribution in [2.45, 2.75) is 39.3 Å². The van der Waals surface area contributed by atoms with E-state index in [1.807, 2.05) is 45.7 Å². The van der Waals surface area contributed by atoms with Crippen LogP contribution < -0.4 is 0 Å². The number of nitrogens with zero attached hydrogens (tertiary/aromatic N) is 3. The van der Waals surface area contributed by atoms with Crippen molar-refractivity contribution in [3.8, 4) is 22.8 Å². The van der Waals surface area contributed by atoms with Gasteiger partial charge in [-0.3, -0.25) is 0 Å². The molecule has 24 heavy (non-hydrogen) atoms. The molecular formula is C19H23N3O2. The molecule has 0 aliphatic rings. The van der Waals surface area contributed by atoms with Crippen LogP contribution in [0, 0.1) is 0 Å². The van der Waals surface area contributed by atoms with E-state index in [-0.39, 0.29) is 11.6 Å². The van der Waals surface area contributed by atoms with Gasteiger partial charge in [0.2, 0.25) is 5.88 Å². The first-order valence-corrected chi connectivity index (χ1v) is 8.36. The molecule has 3 aromatic rings. The SMILES string of the molecule is CCCc1c(-c2ccccc2)c(O)c(O)n1CCCn1ccnc1. The van der Waals surface area contributed by atoms with Crippen molar-refractivity contribution in [2.75, 3.05) is 0 Å². The molecule has 2 aromatic heterocycles. The summed E-state index contributed by atoms with van der Waals surface area (Å²) in [6.07, 6.45) is 8.08. The van der Waals surface area contributed by atoms with Gasteiger partial charge in [0, 0.05) is 36.7 Å². The van der Waals surface area contributed by atoms with Crippen molar-refractivity contribution in [1.29, 1.82) is 0 Å². The molecule has 126 valence electrons. The lowest BCUT2D eigenvalue weighted by molar-refractivity contribution is 0.365. The van der Waals surface area contributed by atoms with Crippen molar-refractivity contribution in [3.63, 3.8) is 0 Å². The zero-order valence-corrected chi connectivity index (χ0v) is 13.9. The molecule has 0 amide bonds. The lowest BCUT2D eigenvalue weighted by Crippen LogP contribution is -2.06. The molecule has 1 aromatic carbocycles. The van der Waals surface area contributed by atoms with Crippen LogP contribution in [0.2, 0.25) is 0 Å². The molecule has 0 spiro atoms. The Labute approximate surface area is 141 Å². The highest BCUT2D eigenvalue weighted by Gasteiger charge is 2.22. The van der Waals surface area contributed by atoms with E-state index >= 15 is 0 Å². The van der Waals surface area contributed by atoms with Crippen LogP contribution in [0.1, 0.15) is 25.5 Å². The van der Waals surface area contributed by atoms with Crippen molar-refractivity contribution in [3.05, 3.63) is 54.7 Å². The minimum absolute atomic E-state index is 0.0210. The molecule has 0 saturated carbocycles. The lowest BCUT2D eigenvalue weighted by Gasteiger charge is -2.11. The van der Waals surface area contributed by atoms with E-state index in [2.05, 4.69) is 11.9 Å². The van der Waals surface area contributed by atoms with Crippen LogP contribution in [0.15, 0.2) is 49.1 Å². The highest BCUT2D eigenvalue weighted by molar-refractivity contribution is 5.76. The Morgan fingerprint density at radius 2 is 1.88 bits per heavy atom. The van der Waals surface area contributed by atoms with Crippen molar-refractivity contribution in [1.82, 2.24) is 14.1 Å². The summed E-state index contributed by atoms with van der Waals surface area (Å²) in [6, 6.07) is 9.75. The summed E-state index contributed by atoms with van der Waals surface area (Å²) in [6.45, 7) is 3.58. The summed E-state index contributed by atoms with van der Waals surface area (Å²) in [5.41, 5.74) is 2.67. The number of aromatic nitrogens is 3. The zero-order chi connectivity index (χ0) is 16.9. The maximum atomic E-state index is 10.5. The Morgan fingerprint density at radius 1 is 1.08 bits per heavy atom. The molecule has 3 rings (SSSR count). The predicted molar refractivity (Wildman–Crippen MR) is 94.0 cm³/mol. The van der Waals surface area contributed by atoms with E-state index < -0.39 is 0 Å². The van der Waals surface area contributed by atoms with Crippen molar-refractivity contribution < 1.29 is 10.2 Å². The Bertz CT molecular complexity index is 777. The molecule has 2 N–H and O–H groups in total. The first kappa shape index (κ1) is 16.2. The van der Waals surface area contributed by atoms with Crippen LogP contribution in [0.4, 0.5) is 0 Å². The average Bonchev–Trinajstić information content (AvgIpc) is 3.19.